The third kappa shape index (κ3) is 3.18. The summed E-state index contributed by atoms with van der Waals surface area (Å²) in [6, 6.07) is 5.19. The molecular formula is C10H7F3IN3. The van der Waals surface area contributed by atoms with Crippen LogP contribution in [0.2, 0.25) is 0 Å². The second-order valence-corrected chi connectivity index (χ2v) is 4.37. The van der Waals surface area contributed by atoms with Gasteiger partial charge in [0.2, 0.25) is 3.83 Å². The number of rotatable bonds is 2. The van der Waals surface area contributed by atoms with E-state index in [1.165, 1.54) is 17.1 Å². The summed E-state index contributed by atoms with van der Waals surface area (Å²) in [6.45, 7) is 0.278. The van der Waals surface area contributed by atoms with Crippen LogP contribution in [0, 0.1) is 3.83 Å². The van der Waals surface area contributed by atoms with Crippen LogP contribution in [0.1, 0.15) is 11.1 Å². The molecule has 0 radical (unpaired) electrons. The van der Waals surface area contributed by atoms with Gasteiger partial charge in [0, 0.05) is 22.6 Å². The number of aromatic nitrogens is 3. The molecule has 0 N–H and O–H groups in total. The Morgan fingerprint density at radius 2 is 2.06 bits per heavy atom. The first-order valence-corrected chi connectivity index (χ1v) is 5.74. The van der Waals surface area contributed by atoms with Gasteiger partial charge in [-0.1, -0.05) is 12.1 Å². The third-order valence-electron chi connectivity index (χ3n) is 2.11. The van der Waals surface area contributed by atoms with Crippen LogP contribution in [-0.2, 0) is 12.7 Å². The molecule has 1 heterocycles. The summed E-state index contributed by atoms with van der Waals surface area (Å²) in [5.74, 6) is 0. The molecule has 17 heavy (non-hydrogen) atoms. The van der Waals surface area contributed by atoms with Gasteiger partial charge < -0.3 is 0 Å². The Labute approximate surface area is 109 Å². The number of benzene rings is 1. The molecule has 0 unspecified atom stereocenters. The maximum absolute atomic E-state index is 12.5. The molecule has 0 saturated carbocycles. The Hall–Kier alpha value is -1.12. The summed E-state index contributed by atoms with van der Waals surface area (Å²) < 4.78 is 39.5. The van der Waals surface area contributed by atoms with E-state index in [9.17, 15) is 13.2 Å². The van der Waals surface area contributed by atoms with E-state index in [0.717, 1.165) is 12.1 Å². The average Bonchev–Trinajstić information content (AvgIpc) is 2.63. The van der Waals surface area contributed by atoms with Gasteiger partial charge in [0.15, 0.2) is 0 Å². The number of hydrogen-bond donors (Lipinski definition) is 0. The molecule has 0 spiro atoms. The van der Waals surface area contributed by atoms with Crippen LogP contribution in [0.5, 0.6) is 0 Å². The maximum Gasteiger partial charge on any atom is 0.416 e. The van der Waals surface area contributed by atoms with E-state index in [2.05, 4.69) is 10.1 Å². The minimum atomic E-state index is -4.31. The first-order valence-electron chi connectivity index (χ1n) is 4.66. The summed E-state index contributed by atoms with van der Waals surface area (Å²) in [4.78, 5) is 3.90. The Balaban J connectivity index is 2.22. The van der Waals surface area contributed by atoms with Crippen LogP contribution in [0.3, 0.4) is 0 Å². The number of nitrogens with zero attached hydrogens (tertiary/aromatic N) is 3. The molecule has 0 saturated heterocycles. The normalized spacial score (nSPS) is 11.8. The quantitative estimate of drug-likeness (QED) is 0.778. The molecule has 0 fully saturated rings. The SMILES string of the molecule is FC(F)(F)c1cccc(Cn2cnc(I)n2)c1. The molecule has 7 heteroatoms. The largest absolute Gasteiger partial charge is 0.416 e. The van der Waals surface area contributed by atoms with E-state index in [4.69, 9.17) is 0 Å². The fourth-order valence-corrected chi connectivity index (χ4v) is 1.78. The molecule has 1 aromatic carbocycles. The van der Waals surface area contributed by atoms with Gasteiger partial charge in [-0.15, -0.1) is 5.10 Å². The van der Waals surface area contributed by atoms with Gasteiger partial charge >= 0.3 is 6.18 Å². The van der Waals surface area contributed by atoms with Crippen molar-refractivity contribution in [3.05, 3.63) is 45.6 Å². The van der Waals surface area contributed by atoms with Crippen molar-refractivity contribution in [2.75, 3.05) is 0 Å². The van der Waals surface area contributed by atoms with Crippen molar-refractivity contribution < 1.29 is 13.2 Å². The molecule has 0 aliphatic rings. The topological polar surface area (TPSA) is 30.7 Å². The van der Waals surface area contributed by atoms with Crippen molar-refractivity contribution in [3.8, 4) is 0 Å². The van der Waals surface area contributed by atoms with E-state index < -0.39 is 11.7 Å². The van der Waals surface area contributed by atoms with Gasteiger partial charge in [-0.3, -0.25) is 0 Å². The van der Waals surface area contributed by atoms with Crippen molar-refractivity contribution in [1.82, 2.24) is 14.8 Å². The lowest BCUT2D eigenvalue weighted by Crippen LogP contribution is -2.07. The molecule has 90 valence electrons. The maximum atomic E-state index is 12.5. The van der Waals surface area contributed by atoms with E-state index >= 15 is 0 Å². The second kappa shape index (κ2) is 4.63. The first kappa shape index (κ1) is 12.3. The third-order valence-corrected chi connectivity index (χ3v) is 2.60. The first-order chi connectivity index (χ1) is 7.95. The van der Waals surface area contributed by atoms with Crippen LogP contribution in [-0.4, -0.2) is 14.8 Å². The van der Waals surface area contributed by atoms with Gasteiger partial charge in [-0.2, -0.15) is 13.2 Å². The monoisotopic (exact) mass is 353 g/mol. The summed E-state index contributed by atoms with van der Waals surface area (Å²) in [5, 5.41) is 4.01. The van der Waals surface area contributed by atoms with Crippen molar-refractivity contribution in [3.63, 3.8) is 0 Å². The summed E-state index contributed by atoms with van der Waals surface area (Å²) >= 11 is 1.94. The zero-order chi connectivity index (χ0) is 12.5. The number of hydrogen-bond acceptors (Lipinski definition) is 2. The highest BCUT2D eigenvalue weighted by molar-refractivity contribution is 14.1. The van der Waals surface area contributed by atoms with Crippen LogP contribution in [0.15, 0.2) is 30.6 Å². The fraction of sp³-hybridized carbons (Fsp3) is 0.200. The molecule has 0 amide bonds. The predicted molar refractivity (Wildman–Crippen MR) is 63.3 cm³/mol. The van der Waals surface area contributed by atoms with Gasteiger partial charge in [0.05, 0.1) is 12.1 Å². The smallest absolute Gasteiger partial charge is 0.247 e. The minimum absolute atomic E-state index is 0.278. The lowest BCUT2D eigenvalue weighted by Gasteiger charge is -2.08. The zero-order valence-electron chi connectivity index (χ0n) is 8.45. The van der Waals surface area contributed by atoms with Crippen molar-refractivity contribution in [2.24, 2.45) is 0 Å². The number of halogens is 4. The van der Waals surface area contributed by atoms with E-state index in [-0.39, 0.29) is 6.54 Å². The Morgan fingerprint density at radius 3 is 2.65 bits per heavy atom. The Morgan fingerprint density at radius 1 is 1.29 bits per heavy atom. The van der Waals surface area contributed by atoms with E-state index in [0.29, 0.717) is 9.39 Å². The van der Waals surface area contributed by atoms with E-state index in [1.54, 1.807) is 6.07 Å². The van der Waals surface area contributed by atoms with Crippen LogP contribution in [0.4, 0.5) is 13.2 Å². The molecular weight excluding hydrogens is 346 g/mol. The van der Waals surface area contributed by atoms with Crippen LogP contribution in [0.25, 0.3) is 0 Å². The highest BCUT2D eigenvalue weighted by Crippen LogP contribution is 2.29. The highest BCUT2D eigenvalue weighted by Gasteiger charge is 2.30. The van der Waals surface area contributed by atoms with Crippen molar-refractivity contribution in [2.45, 2.75) is 12.7 Å². The zero-order valence-corrected chi connectivity index (χ0v) is 10.6. The van der Waals surface area contributed by atoms with Crippen molar-refractivity contribution >= 4 is 22.6 Å². The molecule has 0 aliphatic carbocycles. The predicted octanol–water partition coefficient (Wildman–Crippen LogP) is 2.95. The van der Waals surface area contributed by atoms with E-state index in [1.807, 2.05) is 22.6 Å². The minimum Gasteiger partial charge on any atom is -0.247 e. The molecule has 0 aliphatic heterocycles. The highest BCUT2D eigenvalue weighted by atomic mass is 127. The second-order valence-electron chi connectivity index (χ2n) is 3.41. The molecule has 3 nitrogen and oxygen atoms in total. The molecule has 1 aromatic heterocycles. The van der Waals surface area contributed by atoms with Gasteiger partial charge in [0.25, 0.3) is 0 Å². The number of alkyl halides is 3. The summed E-state index contributed by atoms with van der Waals surface area (Å²) in [5.41, 5.74) is -0.106. The van der Waals surface area contributed by atoms with Gasteiger partial charge in [-0.05, 0) is 17.7 Å². The molecule has 2 aromatic rings. The van der Waals surface area contributed by atoms with Crippen molar-refractivity contribution in [1.29, 1.82) is 0 Å². The summed E-state index contributed by atoms with van der Waals surface area (Å²) in [7, 11) is 0. The Kier molecular flexibility index (Phi) is 3.36. The lowest BCUT2D eigenvalue weighted by atomic mass is 10.1. The lowest BCUT2D eigenvalue weighted by molar-refractivity contribution is -0.137. The molecule has 0 atom stereocenters. The van der Waals surface area contributed by atoms with Gasteiger partial charge in [-0.25, -0.2) is 9.67 Å². The van der Waals surface area contributed by atoms with Crippen LogP contribution < -0.4 is 0 Å². The van der Waals surface area contributed by atoms with Gasteiger partial charge in [0.1, 0.15) is 6.33 Å². The standard InChI is InChI=1S/C10H7F3IN3/c11-10(12,13)8-3-1-2-7(4-8)5-17-6-15-9(14)16-17/h1-4,6H,5H2. The van der Waals surface area contributed by atoms with Crippen LogP contribution >= 0.6 is 22.6 Å². The Bertz CT molecular complexity index is 522. The fourth-order valence-electron chi connectivity index (χ4n) is 1.38. The summed E-state index contributed by atoms with van der Waals surface area (Å²) in [6.07, 6.45) is -2.82. The molecule has 0 bridgehead atoms. The average molecular weight is 353 g/mol. The molecule has 2 rings (SSSR count).